The first-order chi connectivity index (χ1) is 3.83. The molecular weight excluding hydrogens is 104 g/mol. The Morgan fingerprint density at radius 1 is 1.75 bits per heavy atom. The lowest BCUT2D eigenvalue weighted by Crippen LogP contribution is -2.09. The molecule has 0 saturated carbocycles. The zero-order valence-corrected chi connectivity index (χ0v) is 5.13. The van der Waals surface area contributed by atoms with Crippen molar-refractivity contribution in [2.75, 3.05) is 13.2 Å². The van der Waals surface area contributed by atoms with Gasteiger partial charge >= 0.3 is 0 Å². The monoisotopic (exact) mass is 116 g/mol. The first-order valence-electron chi connectivity index (χ1n) is 3.05. The van der Waals surface area contributed by atoms with E-state index in [1.54, 1.807) is 0 Å². The Hall–Kier alpha value is -0.0800. The third kappa shape index (κ3) is 1.20. The second-order valence-corrected chi connectivity index (χ2v) is 2.48. The molecule has 0 aromatic rings. The van der Waals surface area contributed by atoms with Gasteiger partial charge in [0.1, 0.15) is 0 Å². The molecule has 1 aliphatic rings. The van der Waals surface area contributed by atoms with Gasteiger partial charge in [0.25, 0.3) is 0 Å². The summed E-state index contributed by atoms with van der Waals surface area (Å²) in [6.07, 6.45) is 1.15. The molecule has 1 fully saturated rings. The molecule has 2 nitrogen and oxygen atoms in total. The van der Waals surface area contributed by atoms with Crippen molar-refractivity contribution in [3.8, 4) is 0 Å². The first-order valence-corrected chi connectivity index (χ1v) is 3.05. The van der Waals surface area contributed by atoms with E-state index in [0.717, 1.165) is 13.0 Å². The van der Waals surface area contributed by atoms with Gasteiger partial charge in [-0.2, -0.15) is 0 Å². The SMILES string of the molecule is CC1CO[C@H](CO)C1. The molecule has 0 bridgehead atoms. The molecule has 1 N–H and O–H groups in total. The van der Waals surface area contributed by atoms with Crippen LogP contribution < -0.4 is 0 Å². The number of ether oxygens (including phenoxy) is 1. The van der Waals surface area contributed by atoms with E-state index in [2.05, 4.69) is 6.92 Å². The largest absolute Gasteiger partial charge is 0.394 e. The fourth-order valence-corrected chi connectivity index (χ4v) is 1.01. The summed E-state index contributed by atoms with van der Waals surface area (Å²) in [5, 5.41) is 8.56. The van der Waals surface area contributed by atoms with Crippen LogP contribution in [0.15, 0.2) is 0 Å². The Morgan fingerprint density at radius 2 is 2.50 bits per heavy atom. The second kappa shape index (κ2) is 2.46. The lowest BCUT2D eigenvalue weighted by atomic mass is 10.1. The minimum atomic E-state index is 0.130. The maximum Gasteiger partial charge on any atom is 0.0809 e. The molecule has 2 atom stereocenters. The van der Waals surface area contributed by atoms with Crippen molar-refractivity contribution in [1.29, 1.82) is 0 Å². The van der Waals surface area contributed by atoms with Gasteiger partial charge in [-0.15, -0.1) is 0 Å². The molecule has 0 spiro atoms. The van der Waals surface area contributed by atoms with Crippen LogP contribution in [0.5, 0.6) is 0 Å². The number of aliphatic hydroxyl groups is 1. The van der Waals surface area contributed by atoms with Gasteiger partial charge in [0.15, 0.2) is 0 Å². The van der Waals surface area contributed by atoms with Gasteiger partial charge in [0.05, 0.1) is 12.7 Å². The third-order valence-electron chi connectivity index (χ3n) is 1.49. The number of hydrogen-bond donors (Lipinski definition) is 1. The standard InChI is InChI=1S/C6H12O2/c1-5-2-6(3-7)8-4-5/h5-7H,2-4H2,1H3/t5?,6-/m0/s1. The molecule has 1 rings (SSSR count). The van der Waals surface area contributed by atoms with Crippen molar-refractivity contribution < 1.29 is 9.84 Å². The summed E-state index contributed by atoms with van der Waals surface area (Å²) < 4.78 is 5.16. The van der Waals surface area contributed by atoms with Gasteiger partial charge in [-0.05, 0) is 12.3 Å². The Balaban J connectivity index is 2.22. The molecule has 1 unspecified atom stereocenters. The predicted octanol–water partition coefficient (Wildman–Crippen LogP) is 0.404. The van der Waals surface area contributed by atoms with E-state index in [0.29, 0.717) is 5.92 Å². The van der Waals surface area contributed by atoms with Crippen LogP contribution in [0.3, 0.4) is 0 Å². The minimum absolute atomic E-state index is 0.130. The maximum absolute atomic E-state index is 8.56. The molecule has 1 aliphatic heterocycles. The summed E-state index contributed by atoms with van der Waals surface area (Å²) in [6.45, 7) is 3.14. The molecule has 2 heteroatoms. The van der Waals surface area contributed by atoms with Crippen LogP contribution in [-0.2, 0) is 4.74 Å². The van der Waals surface area contributed by atoms with E-state index in [1.165, 1.54) is 0 Å². The molecule has 0 aromatic heterocycles. The van der Waals surface area contributed by atoms with Crippen molar-refractivity contribution in [2.24, 2.45) is 5.92 Å². The summed E-state index contributed by atoms with van der Waals surface area (Å²) in [6, 6.07) is 0. The highest BCUT2D eigenvalue weighted by atomic mass is 16.5. The van der Waals surface area contributed by atoms with Gasteiger partial charge in [-0.1, -0.05) is 6.92 Å². The van der Waals surface area contributed by atoms with Crippen LogP contribution in [0.4, 0.5) is 0 Å². The number of rotatable bonds is 1. The van der Waals surface area contributed by atoms with Crippen LogP contribution in [0.2, 0.25) is 0 Å². The molecule has 0 radical (unpaired) electrons. The lowest BCUT2D eigenvalue weighted by Gasteiger charge is -2.01. The van der Waals surface area contributed by atoms with E-state index >= 15 is 0 Å². The number of aliphatic hydroxyl groups excluding tert-OH is 1. The van der Waals surface area contributed by atoms with E-state index in [4.69, 9.17) is 9.84 Å². The van der Waals surface area contributed by atoms with Gasteiger partial charge in [-0.25, -0.2) is 0 Å². The topological polar surface area (TPSA) is 29.5 Å². The highest BCUT2D eigenvalue weighted by Gasteiger charge is 2.20. The fourth-order valence-electron chi connectivity index (χ4n) is 1.01. The predicted molar refractivity (Wildman–Crippen MR) is 30.6 cm³/mol. The molecular formula is C6H12O2. The molecule has 8 heavy (non-hydrogen) atoms. The van der Waals surface area contributed by atoms with Crippen LogP contribution in [0, 0.1) is 5.92 Å². The van der Waals surface area contributed by atoms with Gasteiger partial charge in [-0.3, -0.25) is 0 Å². The van der Waals surface area contributed by atoms with Crippen LogP contribution >= 0.6 is 0 Å². The van der Waals surface area contributed by atoms with Crippen molar-refractivity contribution in [1.82, 2.24) is 0 Å². The summed E-state index contributed by atoms with van der Waals surface area (Å²) in [5.74, 6) is 0.646. The van der Waals surface area contributed by atoms with Crippen LogP contribution in [-0.4, -0.2) is 24.4 Å². The van der Waals surface area contributed by atoms with Crippen LogP contribution in [0.1, 0.15) is 13.3 Å². The second-order valence-electron chi connectivity index (χ2n) is 2.48. The zero-order valence-electron chi connectivity index (χ0n) is 5.13. The molecule has 0 amide bonds. The summed E-state index contributed by atoms with van der Waals surface area (Å²) >= 11 is 0. The average molecular weight is 116 g/mol. The minimum Gasteiger partial charge on any atom is -0.394 e. The normalized spacial score (nSPS) is 38.2. The quantitative estimate of drug-likeness (QED) is 0.537. The molecule has 1 saturated heterocycles. The highest BCUT2D eigenvalue weighted by molar-refractivity contribution is 4.68. The van der Waals surface area contributed by atoms with Crippen molar-refractivity contribution in [3.63, 3.8) is 0 Å². The van der Waals surface area contributed by atoms with Gasteiger partial charge in [0, 0.05) is 6.61 Å². The molecule has 1 heterocycles. The Bertz CT molecular complexity index is 72.9. The Morgan fingerprint density at radius 3 is 2.75 bits per heavy atom. The third-order valence-corrected chi connectivity index (χ3v) is 1.49. The molecule has 0 aromatic carbocycles. The van der Waals surface area contributed by atoms with Gasteiger partial charge in [0.2, 0.25) is 0 Å². The first kappa shape index (κ1) is 6.05. The van der Waals surface area contributed by atoms with Crippen LogP contribution in [0.25, 0.3) is 0 Å². The van der Waals surface area contributed by atoms with Crippen molar-refractivity contribution in [2.45, 2.75) is 19.4 Å². The summed E-state index contributed by atoms with van der Waals surface area (Å²) in [5.41, 5.74) is 0. The van der Waals surface area contributed by atoms with E-state index in [1.807, 2.05) is 0 Å². The highest BCUT2D eigenvalue weighted by Crippen LogP contribution is 2.17. The molecule has 0 aliphatic carbocycles. The lowest BCUT2D eigenvalue weighted by molar-refractivity contribution is 0.0576. The molecule has 48 valence electrons. The summed E-state index contributed by atoms with van der Waals surface area (Å²) in [7, 11) is 0. The Kier molecular flexibility index (Phi) is 1.86. The van der Waals surface area contributed by atoms with Gasteiger partial charge < -0.3 is 9.84 Å². The summed E-state index contributed by atoms with van der Waals surface area (Å²) in [4.78, 5) is 0. The van der Waals surface area contributed by atoms with E-state index in [-0.39, 0.29) is 12.7 Å². The van der Waals surface area contributed by atoms with Crippen molar-refractivity contribution in [3.05, 3.63) is 0 Å². The van der Waals surface area contributed by atoms with E-state index in [9.17, 15) is 0 Å². The van der Waals surface area contributed by atoms with Crippen molar-refractivity contribution >= 4 is 0 Å². The fraction of sp³-hybridized carbons (Fsp3) is 1.00. The zero-order chi connectivity index (χ0) is 5.98. The average Bonchev–Trinajstić information content (AvgIpc) is 2.14. The number of hydrogen-bond acceptors (Lipinski definition) is 2. The smallest absolute Gasteiger partial charge is 0.0809 e. The van der Waals surface area contributed by atoms with E-state index < -0.39 is 0 Å². The maximum atomic E-state index is 8.56. The Labute approximate surface area is 49.5 Å².